The zero-order valence-electron chi connectivity index (χ0n) is 14.1. The van der Waals surface area contributed by atoms with Crippen LogP contribution in [-0.2, 0) is 0 Å². The lowest BCUT2D eigenvalue weighted by Crippen LogP contribution is -2.48. The monoisotopic (exact) mass is 280 g/mol. The first-order valence-corrected chi connectivity index (χ1v) is 8.97. The Bertz CT molecular complexity index is 266. The Morgan fingerprint density at radius 3 is 1.95 bits per heavy atom. The van der Waals surface area contributed by atoms with Crippen LogP contribution in [0.15, 0.2) is 0 Å². The van der Waals surface area contributed by atoms with Crippen molar-refractivity contribution in [3.05, 3.63) is 0 Å². The standard InChI is InChI=1S/C18H36N2/c1-17(2,3)19-15-18(11-7-8-12-18)16-20-13-9-5-4-6-10-14-20/h19H,4-16H2,1-3H3. The Morgan fingerprint density at radius 2 is 1.40 bits per heavy atom. The van der Waals surface area contributed by atoms with Gasteiger partial charge in [-0.3, -0.25) is 0 Å². The Balaban J connectivity index is 1.89. The molecule has 0 amide bonds. The van der Waals surface area contributed by atoms with Crippen LogP contribution in [0.1, 0.15) is 78.6 Å². The molecule has 1 saturated carbocycles. The third-order valence-corrected chi connectivity index (χ3v) is 5.17. The highest BCUT2D eigenvalue weighted by Crippen LogP contribution is 2.39. The number of rotatable bonds is 4. The molecule has 2 heteroatoms. The summed E-state index contributed by atoms with van der Waals surface area (Å²) in [7, 11) is 0. The molecular weight excluding hydrogens is 244 g/mol. The second-order valence-corrected chi connectivity index (χ2v) is 8.35. The molecule has 0 bridgehead atoms. The van der Waals surface area contributed by atoms with Crippen LogP contribution in [0.25, 0.3) is 0 Å². The summed E-state index contributed by atoms with van der Waals surface area (Å²) in [4.78, 5) is 2.79. The number of likely N-dealkylation sites (tertiary alicyclic amines) is 1. The van der Waals surface area contributed by atoms with E-state index in [1.54, 1.807) is 0 Å². The quantitative estimate of drug-likeness (QED) is 0.830. The SMILES string of the molecule is CC(C)(C)NCC1(CN2CCCCCCC2)CCCC1. The molecule has 2 nitrogen and oxygen atoms in total. The molecular formula is C18H36N2. The predicted octanol–water partition coefficient (Wildman–Crippen LogP) is 4.20. The van der Waals surface area contributed by atoms with Crippen molar-refractivity contribution in [2.45, 2.75) is 84.1 Å². The van der Waals surface area contributed by atoms with Gasteiger partial charge in [-0.05, 0) is 65.0 Å². The van der Waals surface area contributed by atoms with Crippen molar-refractivity contribution in [2.24, 2.45) is 5.41 Å². The zero-order chi connectivity index (χ0) is 14.5. The molecule has 20 heavy (non-hydrogen) atoms. The molecule has 0 aromatic heterocycles. The van der Waals surface area contributed by atoms with Crippen LogP contribution in [0.4, 0.5) is 0 Å². The van der Waals surface area contributed by atoms with Gasteiger partial charge in [0.25, 0.3) is 0 Å². The largest absolute Gasteiger partial charge is 0.311 e. The van der Waals surface area contributed by atoms with Crippen molar-refractivity contribution in [1.82, 2.24) is 10.2 Å². The number of hydrogen-bond donors (Lipinski definition) is 1. The van der Waals surface area contributed by atoms with Gasteiger partial charge in [0.2, 0.25) is 0 Å². The minimum Gasteiger partial charge on any atom is -0.311 e. The summed E-state index contributed by atoms with van der Waals surface area (Å²) in [6.45, 7) is 12.1. The highest BCUT2D eigenvalue weighted by Gasteiger charge is 2.36. The van der Waals surface area contributed by atoms with E-state index in [1.807, 2.05) is 0 Å². The molecule has 118 valence electrons. The van der Waals surface area contributed by atoms with E-state index < -0.39 is 0 Å². The Kier molecular flexibility index (Phi) is 5.92. The van der Waals surface area contributed by atoms with E-state index in [4.69, 9.17) is 0 Å². The molecule has 1 aliphatic heterocycles. The summed E-state index contributed by atoms with van der Waals surface area (Å²) in [5.74, 6) is 0. The average molecular weight is 280 g/mol. The van der Waals surface area contributed by atoms with Crippen LogP contribution in [0.2, 0.25) is 0 Å². The summed E-state index contributed by atoms with van der Waals surface area (Å²) in [5, 5.41) is 3.80. The van der Waals surface area contributed by atoms with Crippen molar-refractivity contribution < 1.29 is 0 Å². The van der Waals surface area contributed by atoms with Gasteiger partial charge in [-0.25, -0.2) is 0 Å². The van der Waals surface area contributed by atoms with Crippen LogP contribution >= 0.6 is 0 Å². The second-order valence-electron chi connectivity index (χ2n) is 8.35. The second kappa shape index (κ2) is 7.26. The topological polar surface area (TPSA) is 15.3 Å². The first-order valence-electron chi connectivity index (χ1n) is 8.97. The Hall–Kier alpha value is -0.0800. The molecule has 1 heterocycles. The van der Waals surface area contributed by atoms with Gasteiger partial charge < -0.3 is 10.2 Å². The van der Waals surface area contributed by atoms with E-state index in [2.05, 4.69) is 31.0 Å². The number of nitrogens with zero attached hydrogens (tertiary/aromatic N) is 1. The van der Waals surface area contributed by atoms with Crippen LogP contribution in [0, 0.1) is 5.41 Å². The van der Waals surface area contributed by atoms with E-state index in [-0.39, 0.29) is 5.54 Å². The van der Waals surface area contributed by atoms with Crippen molar-refractivity contribution >= 4 is 0 Å². The van der Waals surface area contributed by atoms with Crippen molar-refractivity contribution in [1.29, 1.82) is 0 Å². The van der Waals surface area contributed by atoms with Crippen LogP contribution in [0.5, 0.6) is 0 Å². The fraction of sp³-hybridized carbons (Fsp3) is 1.00. The Labute approximate surface area is 126 Å². The van der Waals surface area contributed by atoms with E-state index in [9.17, 15) is 0 Å². The molecule has 1 saturated heterocycles. The van der Waals surface area contributed by atoms with Gasteiger partial charge in [-0.15, -0.1) is 0 Å². The molecule has 0 atom stereocenters. The van der Waals surface area contributed by atoms with Gasteiger partial charge in [0.05, 0.1) is 0 Å². The first-order chi connectivity index (χ1) is 9.49. The molecule has 0 aromatic rings. The summed E-state index contributed by atoms with van der Waals surface area (Å²) in [6.07, 6.45) is 13.0. The molecule has 0 spiro atoms. The minimum absolute atomic E-state index is 0.256. The third-order valence-electron chi connectivity index (χ3n) is 5.17. The molecule has 0 aromatic carbocycles. The molecule has 2 fully saturated rings. The van der Waals surface area contributed by atoms with E-state index >= 15 is 0 Å². The van der Waals surface area contributed by atoms with Gasteiger partial charge in [0, 0.05) is 18.6 Å². The zero-order valence-corrected chi connectivity index (χ0v) is 14.1. The van der Waals surface area contributed by atoms with Crippen molar-refractivity contribution in [3.8, 4) is 0 Å². The molecule has 2 rings (SSSR count). The summed E-state index contributed by atoms with van der Waals surface area (Å²) < 4.78 is 0. The fourth-order valence-corrected chi connectivity index (χ4v) is 3.91. The van der Waals surface area contributed by atoms with Crippen LogP contribution in [0.3, 0.4) is 0 Å². The highest BCUT2D eigenvalue weighted by molar-refractivity contribution is 4.91. The van der Waals surface area contributed by atoms with Gasteiger partial charge in [0.15, 0.2) is 0 Å². The van der Waals surface area contributed by atoms with Gasteiger partial charge in [0.1, 0.15) is 0 Å². The minimum atomic E-state index is 0.256. The average Bonchev–Trinajstić information content (AvgIpc) is 2.79. The molecule has 2 aliphatic rings. The van der Waals surface area contributed by atoms with Crippen LogP contribution < -0.4 is 5.32 Å². The lowest BCUT2D eigenvalue weighted by atomic mass is 9.84. The van der Waals surface area contributed by atoms with E-state index in [1.165, 1.54) is 84.0 Å². The summed E-state index contributed by atoms with van der Waals surface area (Å²) in [5.41, 5.74) is 0.818. The lowest BCUT2D eigenvalue weighted by molar-refractivity contribution is 0.131. The fourth-order valence-electron chi connectivity index (χ4n) is 3.91. The van der Waals surface area contributed by atoms with E-state index in [0.717, 1.165) is 0 Å². The molecule has 1 aliphatic carbocycles. The smallest absolute Gasteiger partial charge is 0.00967 e. The van der Waals surface area contributed by atoms with Gasteiger partial charge >= 0.3 is 0 Å². The van der Waals surface area contributed by atoms with Crippen molar-refractivity contribution in [2.75, 3.05) is 26.2 Å². The van der Waals surface area contributed by atoms with Crippen LogP contribution in [-0.4, -0.2) is 36.6 Å². The predicted molar refractivity (Wildman–Crippen MR) is 88.2 cm³/mol. The number of hydrogen-bond acceptors (Lipinski definition) is 2. The third kappa shape index (κ3) is 5.37. The molecule has 0 radical (unpaired) electrons. The lowest BCUT2D eigenvalue weighted by Gasteiger charge is -2.38. The highest BCUT2D eigenvalue weighted by atomic mass is 15.1. The first kappa shape index (κ1) is 16.3. The summed E-state index contributed by atoms with van der Waals surface area (Å²) >= 11 is 0. The van der Waals surface area contributed by atoms with Gasteiger partial charge in [-0.2, -0.15) is 0 Å². The van der Waals surface area contributed by atoms with Crippen molar-refractivity contribution in [3.63, 3.8) is 0 Å². The maximum Gasteiger partial charge on any atom is 0.00967 e. The Morgan fingerprint density at radius 1 is 0.850 bits per heavy atom. The molecule has 0 unspecified atom stereocenters. The van der Waals surface area contributed by atoms with E-state index in [0.29, 0.717) is 5.41 Å². The normalized spacial score (nSPS) is 25.4. The number of nitrogens with one attached hydrogen (secondary N) is 1. The molecule has 1 N–H and O–H groups in total. The maximum atomic E-state index is 3.80. The van der Waals surface area contributed by atoms with Gasteiger partial charge in [-0.1, -0.05) is 32.1 Å². The summed E-state index contributed by atoms with van der Waals surface area (Å²) in [6, 6.07) is 0. The maximum absolute atomic E-state index is 3.80.